The molecule has 5 nitrogen and oxygen atoms in total. The lowest BCUT2D eigenvalue weighted by Gasteiger charge is -2.02. The molecule has 1 amide bonds. The van der Waals surface area contributed by atoms with Crippen LogP contribution in [-0.2, 0) is 22.4 Å². The number of anilines is 1. The number of carbonyl (C=O) groups excluding carboxylic acids is 1. The van der Waals surface area contributed by atoms with E-state index in [1.54, 1.807) is 6.92 Å². The molecule has 0 bridgehead atoms. The van der Waals surface area contributed by atoms with E-state index in [1.165, 1.54) is 16.9 Å². The average molecular weight is 318 g/mol. The smallest absolute Gasteiger partial charge is 0.308 e. The normalized spacial score (nSPS) is 10.5. The van der Waals surface area contributed by atoms with Crippen LogP contribution in [0.3, 0.4) is 0 Å². The van der Waals surface area contributed by atoms with Crippen LogP contribution >= 0.6 is 11.3 Å². The first-order valence-corrected chi connectivity index (χ1v) is 7.79. The van der Waals surface area contributed by atoms with E-state index in [4.69, 9.17) is 5.11 Å². The lowest BCUT2D eigenvalue weighted by Crippen LogP contribution is -2.12. The Hall–Kier alpha value is -2.21. The highest BCUT2D eigenvalue weighted by Crippen LogP contribution is 2.23. The largest absolute Gasteiger partial charge is 0.481 e. The van der Waals surface area contributed by atoms with Gasteiger partial charge in [0, 0.05) is 11.3 Å². The maximum absolute atomic E-state index is 11.9. The first-order valence-electron chi connectivity index (χ1n) is 6.97. The number of carbonyl (C=O) groups is 2. The molecule has 2 rings (SSSR count). The second-order valence-electron chi connectivity index (χ2n) is 5.13. The van der Waals surface area contributed by atoms with Crippen LogP contribution < -0.4 is 5.32 Å². The van der Waals surface area contributed by atoms with Crippen LogP contribution in [0, 0.1) is 13.8 Å². The van der Waals surface area contributed by atoms with E-state index < -0.39 is 5.97 Å². The molecule has 0 radical (unpaired) electrons. The van der Waals surface area contributed by atoms with Crippen LogP contribution in [0.4, 0.5) is 5.13 Å². The number of aliphatic carboxylic acids is 1. The maximum atomic E-state index is 11.9. The zero-order chi connectivity index (χ0) is 16.1. The Bertz CT molecular complexity index is 677. The van der Waals surface area contributed by atoms with Crippen LogP contribution in [0.2, 0.25) is 0 Å². The van der Waals surface area contributed by atoms with Crippen LogP contribution in [0.15, 0.2) is 24.3 Å². The van der Waals surface area contributed by atoms with Crippen molar-refractivity contribution in [3.05, 3.63) is 46.0 Å². The third-order valence-corrected chi connectivity index (χ3v) is 4.28. The van der Waals surface area contributed by atoms with Gasteiger partial charge in [0.15, 0.2) is 5.13 Å². The molecular weight excluding hydrogens is 300 g/mol. The first kappa shape index (κ1) is 16.2. The Balaban J connectivity index is 1.89. The number of thiazole rings is 1. The highest BCUT2D eigenvalue weighted by Gasteiger charge is 2.12. The van der Waals surface area contributed by atoms with Crippen molar-refractivity contribution in [1.82, 2.24) is 4.98 Å². The molecule has 2 aromatic rings. The molecule has 2 N–H and O–H groups in total. The zero-order valence-electron chi connectivity index (χ0n) is 12.5. The fourth-order valence-corrected chi connectivity index (χ4v) is 2.95. The molecule has 1 heterocycles. The number of aromatic nitrogens is 1. The Morgan fingerprint density at radius 1 is 1.23 bits per heavy atom. The highest BCUT2D eigenvalue weighted by molar-refractivity contribution is 7.16. The number of hydrogen-bond donors (Lipinski definition) is 2. The average Bonchev–Trinajstić information content (AvgIpc) is 2.77. The minimum absolute atomic E-state index is 0.0667. The summed E-state index contributed by atoms with van der Waals surface area (Å²) in [5, 5.41) is 12.0. The van der Waals surface area contributed by atoms with Gasteiger partial charge >= 0.3 is 5.97 Å². The Morgan fingerprint density at radius 3 is 2.55 bits per heavy atom. The standard InChI is InChI=1S/C16H18N2O3S/c1-10-3-5-12(6-4-10)7-8-14(19)18-16-17-11(2)13(22-16)9-15(20)21/h3-6H,7-9H2,1-2H3,(H,20,21)(H,17,18,19). The monoisotopic (exact) mass is 318 g/mol. The molecule has 116 valence electrons. The molecule has 0 aliphatic heterocycles. The molecule has 0 saturated heterocycles. The summed E-state index contributed by atoms with van der Waals surface area (Å²) in [5.74, 6) is -1.01. The molecule has 0 saturated carbocycles. The summed E-state index contributed by atoms with van der Waals surface area (Å²) in [6.45, 7) is 3.77. The highest BCUT2D eigenvalue weighted by atomic mass is 32.1. The second kappa shape index (κ2) is 7.17. The molecule has 1 aromatic heterocycles. The van der Waals surface area contributed by atoms with Crippen LogP contribution in [0.25, 0.3) is 0 Å². The molecule has 0 aliphatic rings. The number of nitrogens with one attached hydrogen (secondary N) is 1. The van der Waals surface area contributed by atoms with Crippen molar-refractivity contribution in [3.8, 4) is 0 Å². The van der Waals surface area contributed by atoms with E-state index >= 15 is 0 Å². The second-order valence-corrected chi connectivity index (χ2v) is 6.22. The molecular formula is C16H18N2O3S. The minimum atomic E-state index is -0.899. The summed E-state index contributed by atoms with van der Waals surface area (Å²) in [6, 6.07) is 8.08. The lowest BCUT2D eigenvalue weighted by molar-refractivity contribution is -0.136. The zero-order valence-corrected chi connectivity index (χ0v) is 13.4. The van der Waals surface area contributed by atoms with E-state index in [2.05, 4.69) is 10.3 Å². The number of rotatable bonds is 6. The van der Waals surface area contributed by atoms with Crippen molar-refractivity contribution in [1.29, 1.82) is 0 Å². The Labute approximate surface area is 133 Å². The summed E-state index contributed by atoms with van der Waals surface area (Å²) in [5.41, 5.74) is 2.96. The number of benzene rings is 1. The van der Waals surface area contributed by atoms with Gasteiger partial charge < -0.3 is 10.4 Å². The molecule has 0 spiro atoms. The number of hydrogen-bond acceptors (Lipinski definition) is 4. The van der Waals surface area contributed by atoms with Gasteiger partial charge in [0.2, 0.25) is 5.91 Å². The summed E-state index contributed by atoms with van der Waals surface area (Å²) in [7, 11) is 0. The third-order valence-electron chi connectivity index (χ3n) is 3.21. The number of amides is 1. The summed E-state index contributed by atoms with van der Waals surface area (Å²) in [4.78, 5) is 27.5. The maximum Gasteiger partial charge on any atom is 0.308 e. The van der Waals surface area contributed by atoms with Gasteiger partial charge in [-0.1, -0.05) is 29.8 Å². The predicted octanol–water partition coefficient (Wildman–Crippen LogP) is 2.96. The topological polar surface area (TPSA) is 79.3 Å². The van der Waals surface area contributed by atoms with Gasteiger partial charge in [-0.15, -0.1) is 11.3 Å². The van der Waals surface area contributed by atoms with Crippen molar-refractivity contribution >= 4 is 28.3 Å². The van der Waals surface area contributed by atoms with Crippen LogP contribution in [-0.4, -0.2) is 22.0 Å². The third kappa shape index (κ3) is 4.66. The van der Waals surface area contributed by atoms with Gasteiger partial charge in [-0.3, -0.25) is 9.59 Å². The van der Waals surface area contributed by atoms with Crippen molar-refractivity contribution in [3.63, 3.8) is 0 Å². The predicted molar refractivity (Wildman–Crippen MR) is 86.3 cm³/mol. The van der Waals surface area contributed by atoms with E-state index in [-0.39, 0.29) is 12.3 Å². The van der Waals surface area contributed by atoms with Gasteiger partial charge in [0.1, 0.15) is 0 Å². The molecule has 0 unspecified atom stereocenters. The molecule has 6 heteroatoms. The molecule has 0 atom stereocenters. The number of carboxylic acid groups (broad SMARTS) is 1. The van der Waals surface area contributed by atoms with Gasteiger partial charge in [0.05, 0.1) is 12.1 Å². The van der Waals surface area contributed by atoms with E-state index in [1.807, 2.05) is 31.2 Å². The van der Waals surface area contributed by atoms with Crippen molar-refractivity contribution < 1.29 is 14.7 Å². The minimum Gasteiger partial charge on any atom is -0.481 e. The van der Waals surface area contributed by atoms with Crippen molar-refractivity contribution in [2.24, 2.45) is 0 Å². The summed E-state index contributed by atoms with van der Waals surface area (Å²) >= 11 is 1.22. The molecule has 22 heavy (non-hydrogen) atoms. The quantitative estimate of drug-likeness (QED) is 0.858. The number of carboxylic acids is 1. The summed E-state index contributed by atoms with van der Waals surface area (Å²) in [6.07, 6.45) is 0.969. The van der Waals surface area contributed by atoms with E-state index in [0.717, 1.165) is 5.56 Å². The fraction of sp³-hybridized carbons (Fsp3) is 0.312. The molecule has 1 aromatic carbocycles. The van der Waals surface area contributed by atoms with Crippen molar-refractivity contribution in [2.75, 3.05) is 5.32 Å². The first-order chi connectivity index (χ1) is 10.4. The number of nitrogens with zero attached hydrogens (tertiary/aromatic N) is 1. The van der Waals surface area contributed by atoms with E-state index in [0.29, 0.717) is 28.5 Å². The van der Waals surface area contributed by atoms with Crippen LogP contribution in [0.1, 0.15) is 28.1 Å². The van der Waals surface area contributed by atoms with Crippen LogP contribution in [0.5, 0.6) is 0 Å². The Kier molecular flexibility index (Phi) is 5.27. The van der Waals surface area contributed by atoms with Gasteiger partial charge in [-0.2, -0.15) is 0 Å². The number of aryl methyl sites for hydroxylation is 3. The SMILES string of the molecule is Cc1ccc(CCC(=O)Nc2nc(C)c(CC(=O)O)s2)cc1. The van der Waals surface area contributed by atoms with Gasteiger partial charge in [0.25, 0.3) is 0 Å². The molecule has 0 fully saturated rings. The Morgan fingerprint density at radius 2 is 1.91 bits per heavy atom. The fourth-order valence-electron chi connectivity index (χ4n) is 1.98. The molecule has 0 aliphatic carbocycles. The van der Waals surface area contributed by atoms with Crippen molar-refractivity contribution in [2.45, 2.75) is 33.1 Å². The van der Waals surface area contributed by atoms with Gasteiger partial charge in [-0.25, -0.2) is 4.98 Å². The summed E-state index contributed by atoms with van der Waals surface area (Å²) < 4.78 is 0. The lowest BCUT2D eigenvalue weighted by atomic mass is 10.1. The van der Waals surface area contributed by atoms with Gasteiger partial charge in [-0.05, 0) is 25.8 Å². The van der Waals surface area contributed by atoms with E-state index in [9.17, 15) is 9.59 Å².